The van der Waals surface area contributed by atoms with Crippen LogP contribution in [0, 0.1) is 0 Å². The van der Waals surface area contributed by atoms with Crippen LogP contribution in [0.5, 0.6) is 11.5 Å². The van der Waals surface area contributed by atoms with E-state index < -0.39 is 6.10 Å². The smallest absolute Gasteiger partial charge is 0.261 e. The Morgan fingerprint density at radius 1 is 1.21 bits per heavy atom. The number of hydrogen-bond donors (Lipinski definition) is 1. The Hall–Kier alpha value is -1.75. The van der Waals surface area contributed by atoms with Crippen LogP contribution in [0.2, 0.25) is 0 Å². The third-order valence-corrected chi connectivity index (χ3v) is 4.61. The van der Waals surface area contributed by atoms with Crippen LogP contribution in [0.15, 0.2) is 24.3 Å². The molecule has 0 bridgehead atoms. The summed E-state index contributed by atoms with van der Waals surface area (Å²) in [6.07, 6.45) is 2.19. The van der Waals surface area contributed by atoms with Gasteiger partial charge in [0, 0.05) is 25.2 Å². The Balaban J connectivity index is 1.85. The molecule has 1 aromatic rings. The van der Waals surface area contributed by atoms with Gasteiger partial charge in [-0.1, -0.05) is 6.92 Å². The van der Waals surface area contributed by atoms with Crippen molar-refractivity contribution in [3.63, 3.8) is 0 Å². The van der Waals surface area contributed by atoms with Crippen LogP contribution < -0.4 is 14.8 Å². The highest BCUT2D eigenvalue weighted by atomic mass is 16.5. The maximum atomic E-state index is 12.5. The van der Waals surface area contributed by atoms with E-state index in [0.29, 0.717) is 18.2 Å². The maximum absolute atomic E-state index is 12.5. The minimum absolute atomic E-state index is 0.0173. The molecule has 5 heteroatoms. The lowest BCUT2D eigenvalue weighted by molar-refractivity contribution is -0.129. The highest BCUT2D eigenvalue weighted by molar-refractivity contribution is 5.81. The molecule has 0 aromatic heterocycles. The molecule has 0 spiro atoms. The number of rotatable bonds is 7. The number of benzene rings is 1. The molecule has 1 aliphatic rings. The Morgan fingerprint density at radius 3 is 2.29 bits per heavy atom. The van der Waals surface area contributed by atoms with Crippen LogP contribution in [-0.4, -0.2) is 49.2 Å². The summed E-state index contributed by atoms with van der Waals surface area (Å²) in [7, 11) is 1.63. The minimum Gasteiger partial charge on any atom is -0.497 e. The molecule has 134 valence electrons. The number of carbonyl (C=O) groups excluding carboxylic acids is 1. The Kier molecular flexibility index (Phi) is 6.91. The Bertz CT molecular complexity index is 508. The lowest BCUT2D eigenvalue weighted by atomic mass is 10.0. The van der Waals surface area contributed by atoms with Gasteiger partial charge in [0.25, 0.3) is 5.91 Å². The van der Waals surface area contributed by atoms with Crippen LogP contribution in [0.1, 0.15) is 40.0 Å². The number of likely N-dealkylation sites (tertiary alicyclic amines) is 1. The van der Waals surface area contributed by atoms with Gasteiger partial charge in [0.2, 0.25) is 0 Å². The van der Waals surface area contributed by atoms with E-state index in [4.69, 9.17) is 9.47 Å². The van der Waals surface area contributed by atoms with Gasteiger partial charge in [0.05, 0.1) is 7.11 Å². The van der Waals surface area contributed by atoms with E-state index in [9.17, 15) is 4.79 Å². The van der Waals surface area contributed by atoms with E-state index in [1.165, 1.54) is 0 Å². The van der Waals surface area contributed by atoms with Gasteiger partial charge >= 0.3 is 0 Å². The third-order valence-electron chi connectivity index (χ3n) is 4.61. The summed E-state index contributed by atoms with van der Waals surface area (Å²) in [5.74, 6) is 1.44. The minimum atomic E-state index is -0.457. The molecule has 1 aromatic carbocycles. The Labute approximate surface area is 145 Å². The van der Waals surface area contributed by atoms with E-state index in [1.54, 1.807) is 7.11 Å². The Morgan fingerprint density at radius 2 is 1.79 bits per heavy atom. The van der Waals surface area contributed by atoms with Gasteiger partial charge in [-0.15, -0.1) is 0 Å². The summed E-state index contributed by atoms with van der Waals surface area (Å²) in [6.45, 7) is 8.48. The maximum Gasteiger partial charge on any atom is 0.261 e. The number of hydrogen-bond acceptors (Lipinski definition) is 4. The first-order chi connectivity index (χ1) is 11.5. The number of nitrogens with zero attached hydrogens (tertiary/aromatic N) is 1. The lowest BCUT2D eigenvalue weighted by Gasteiger charge is -2.35. The molecular formula is C19H30N2O3. The number of ether oxygens (including phenoxy) is 2. The van der Waals surface area contributed by atoms with Crippen molar-refractivity contribution in [1.29, 1.82) is 0 Å². The van der Waals surface area contributed by atoms with Crippen molar-refractivity contribution in [2.24, 2.45) is 0 Å². The fraction of sp³-hybridized carbons (Fsp3) is 0.632. The number of methoxy groups -OCH3 is 1. The summed E-state index contributed by atoms with van der Waals surface area (Å²) in [5, 5.41) is 3.16. The van der Waals surface area contributed by atoms with Crippen molar-refractivity contribution >= 4 is 5.91 Å². The van der Waals surface area contributed by atoms with Crippen molar-refractivity contribution in [2.45, 2.75) is 58.2 Å². The largest absolute Gasteiger partial charge is 0.497 e. The molecule has 1 unspecified atom stereocenters. The lowest BCUT2D eigenvalue weighted by Crippen LogP contribution is -2.49. The van der Waals surface area contributed by atoms with E-state index in [0.717, 1.165) is 31.7 Å². The second-order valence-corrected chi connectivity index (χ2v) is 6.60. The summed E-state index contributed by atoms with van der Waals surface area (Å²) in [4.78, 5) is 15.0. The molecular weight excluding hydrogens is 304 g/mol. The van der Waals surface area contributed by atoms with Crippen LogP contribution in [0.4, 0.5) is 0 Å². The second-order valence-electron chi connectivity index (χ2n) is 6.60. The molecule has 0 aliphatic carbocycles. The van der Waals surface area contributed by atoms with Gasteiger partial charge in [-0.3, -0.25) is 4.79 Å². The summed E-state index contributed by atoms with van der Waals surface area (Å²) < 4.78 is 11.0. The molecule has 1 aliphatic heterocycles. The van der Waals surface area contributed by atoms with Gasteiger partial charge in [-0.25, -0.2) is 0 Å². The SMILES string of the molecule is CCC(Oc1ccc(OC)cc1)C(=O)NC1CCN(C(C)C)CC1. The monoisotopic (exact) mass is 334 g/mol. The van der Waals surface area contributed by atoms with Gasteiger partial charge in [0.15, 0.2) is 6.10 Å². The van der Waals surface area contributed by atoms with E-state index >= 15 is 0 Å². The highest BCUT2D eigenvalue weighted by Gasteiger charge is 2.25. The van der Waals surface area contributed by atoms with Gasteiger partial charge < -0.3 is 19.7 Å². The fourth-order valence-corrected chi connectivity index (χ4v) is 3.00. The molecule has 24 heavy (non-hydrogen) atoms. The van der Waals surface area contributed by atoms with Crippen molar-refractivity contribution in [2.75, 3.05) is 20.2 Å². The average Bonchev–Trinajstić information content (AvgIpc) is 2.60. The number of piperidine rings is 1. The molecule has 1 amide bonds. The standard InChI is InChI=1S/C19H30N2O3/c1-5-18(24-17-8-6-16(23-4)7-9-17)19(22)20-15-10-12-21(13-11-15)14(2)3/h6-9,14-15,18H,5,10-13H2,1-4H3,(H,20,22). The highest BCUT2D eigenvalue weighted by Crippen LogP contribution is 2.19. The predicted octanol–water partition coefficient (Wildman–Crippen LogP) is 2.84. The summed E-state index contributed by atoms with van der Waals surface area (Å²) >= 11 is 0. The van der Waals surface area contributed by atoms with Gasteiger partial charge in [-0.2, -0.15) is 0 Å². The first-order valence-corrected chi connectivity index (χ1v) is 8.88. The molecule has 1 fully saturated rings. The first-order valence-electron chi connectivity index (χ1n) is 8.88. The molecule has 1 saturated heterocycles. The normalized spacial score (nSPS) is 17.5. The molecule has 0 radical (unpaired) electrons. The third kappa shape index (κ3) is 5.13. The van der Waals surface area contributed by atoms with Crippen molar-refractivity contribution in [1.82, 2.24) is 10.2 Å². The van der Waals surface area contributed by atoms with Crippen molar-refractivity contribution in [3.05, 3.63) is 24.3 Å². The fourth-order valence-electron chi connectivity index (χ4n) is 3.00. The van der Waals surface area contributed by atoms with Gasteiger partial charge in [-0.05, 0) is 57.4 Å². The van der Waals surface area contributed by atoms with E-state index in [-0.39, 0.29) is 11.9 Å². The topological polar surface area (TPSA) is 50.8 Å². The van der Waals surface area contributed by atoms with Crippen molar-refractivity contribution < 1.29 is 14.3 Å². The molecule has 2 rings (SSSR count). The number of nitrogens with one attached hydrogen (secondary N) is 1. The zero-order valence-corrected chi connectivity index (χ0v) is 15.2. The molecule has 1 atom stereocenters. The quantitative estimate of drug-likeness (QED) is 0.833. The molecule has 5 nitrogen and oxygen atoms in total. The molecule has 1 N–H and O–H groups in total. The zero-order valence-electron chi connectivity index (χ0n) is 15.2. The number of amides is 1. The van der Waals surface area contributed by atoms with Crippen LogP contribution in [0.3, 0.4) is 0 Å². The predicted molar refractivity (Wildman–Crippen MR) is 95.6 cm³/mol. The van der Waals surface area contributed by atoms with Crippen molar-refractivity contribution in [3.8, 4) is 11.5 Å². The molecule has 1 heterocycles. The second kappa shape index (κ2) is 8.92. The van der Waals surface area contributed by atoms with E-state index in [2.05, 4.69) is 24.1 Å². The van der Waals surface area contributed by atoms with Crippen LogP contribution >= 0.6 is 0 Å². The average molecular weight is 334 g/mol. The van der Waals surface area contributed by atoms with E-state index in [1.807, 2.05) is 31.2 Å². The molecule has 0 saturated carbocycles. The number of carbonyl (C=O) groups is 1. The summed E-state index contributed by atoms with van der Waals surface area (Å²) in [5.41, 5.74) is 0. The summed E-state index contributed by atoms with van der Waals surface area (Å²) in [6, 6.07) is 8.15. The van der Waals surface area contributed by atoms with Crippen LogP contribution in [-0.2, 0) is 4.79 Å². The van der Waals surface area contributed by atoms with Crippen LogP contribution in [0.25, 0.3) is 0 Å². The zero-order chi connectivity index (χ0) is 17.5. The van der Waals surface area contributed by atoms with Gasteiger partial charge in [0.1, 0.15) is 11.5 Å². The first kappa shape index (κ1) is 18.6.